The molecule has 7 heteroatoms. The van der Waals surface area contributed by atoms with Gasteiger partial charge in [-0.15, -0.1) is 0 Å². The van der Waals surface area contributed by atoms with Crippen molar-refractivity contribution in [2.45, 2.75) is 42.7 Å². The minimum atomic E-state index is -3.74. The van der Waals surface area contributed by atoms with Gasteiger partial charge in [0.25, 0.3) is 0 Å². The number of aliphatic hydroxyl groups is 1. The van der Waals surface area contributed by atoms with E-state index in [1.54, 1.807) is 0 Å². The molecule has 1 fully saturated rings. The first-order valence-electron chi connectivity index (χ1n) is 6.58. The predicted molar refractivity (Wildman–Crippen MR) is 76.0 cm³/mol. The Morgan fingerprint density at radius 2 is 2.05 bits per heavy atom. The monoisotopic (exact) mass is 300 g/mol. The Bertz CT molecular complexity index is 574. The molecule has 4 N–H and O–H groups in total. The fourth-order valence-electron chi connectivity index (χ4n) is 2.42. The Morgan fingerprint density at radius 1 is 1.35 bits per heavy atom. The first-order valence-corrected chi connectivity index (χ1v) is 8.06. The lowest BCUT2D eigenvalue weighted by atomic mass is 9.93. The highest BCUT2D eigenvalue weighted by atomic mass is 32.2. The van der Waals surface area contributed by atoms with Gasteiger partial charge in [0, 0.05) is 17.8 Å². The molecule has 0 bridgehead atoms. The lowest BCUT2D eigenvalue weighted by Crippen LogP contribution is -2.45. The molecule has 1 aromatic carbocycles. The molecule has 0 aliphatic heterocycles. The Labute approximate surface area is 119 Å². The summed E-state index contributed by atoms with van der Waals surface area (Å²) in [5.41, 5.74) is 6.05. The molecule has 0 heterocycles. The Hall–Kier alpha value is -1.31. The van der Waals surface area contributed by atoms with Crippen molar-refractivity contribution in [1.82, 2.24) is 4.72 Å². The minimum Gasteiger partial charge on any atom is -0.495 e. The van der Waals surface area contributed by atoms with E-state index in [1.807, 2.05) is 0 Å². The third-order valence-electron chi connectivity index (χ3n) is 3.51. The lowest BCUT2D eigenvalue weighted by Gasteiger charge is -2.28. The number of anilines is 1. The van der Waals surface area contributed by atoms with Gasteiger partial charge in [-0.3, -0.25) is 0 Å². The van der Waals surface area contributed by atoms with Crippen LogP contribution in [0.5, 0.6) is 5.75 Å². The van der Waals surface area contributed by atoms with Crippen LogP contribution < -0.4 is 15.2 Å². The third kappa shape index (κ3) is 3.23. The third-order valence-corrected chi connectivity index (χ3v) is 5.04. The van der Waals surface area contributed by atoms with E-state index in [1.165, 1.54) is 25.3 Å². The first-order chi connectivity index (χ1) is 9.44. The summed E-state index contributed by atoms with van der Waals surface area (Å²) >= 11 is 0. The molecule has 1 aromatic rings. The van der Waals surface area contributed by atoms with E-state index in [2.05, 4.69) is 4.72 Å². The zero-order chi connectivity index (χ0) is 14.8. The van der Waals surface area contributed by atoms with Crippen molar-refractivity contribution in [2.75, 3.05) is 12.8 Å². The second kappa shape index (κ2) is 5.99. The number of nitrogens with one attached hydrogen (secondary N) is 1. The number of nitrogens with two attached hydrogens (primary N) is 1. The van der Waals surface area contributed by atoms with Gasteiger partial charge in [0.2, 0.25) is 10.0 Å². The number of methoxy groups -OCH3 is 1. The fraction of sp³-hybridized carbons (Fsp3) is 0.538. The van der Waals surface area contributed by atoms with Crippen LogP contribution in [0.2, 0.25) is 0 Å². The number of hydrogen-bond donors (Lipinski definition) is 3. The second-order valence-electron chi connectivity index (χ2n) is 4.99. The summed E-state index contributed by atoms with van der Waals surface area (Å²) in [6, 6.07) is 3.93. The Morgan fingerprint density at radius 3 is 2.70 bits per heavy atom. The smallest absolute Gasteiger partial charge is 0.244 e. The molecular weight excluding hydrogens is 280 g/mol. The molecule has 2 unspecified atom stereocenters. The second-order valence-corrected chi connectivity index (χ2v) is 6.67. The van der Waals surface area contributed by atoms with Crippen molar-refractivity contribution in [3.63, 3.8) is 0 Å². The Kier molecular flexibility index (Phi) is 4.52. The average Bonchev–Trinajstić information content (AvgIpc) is 2.40. The molecule has 1 aliphatic carbocycles. The molecule has 112 valence electrons. The zero-order valence-electron chi connectivity index (χ0n) is 11.4. The molecule has 0 saturated heterocycles. The molecule has 0 amide bonds. The summed E-state index contributed by atoms with van der Waals surface area (Å²) in [4.78, 5) is 0.0342. The average molecular weight is 300 g/mol. The van der Waals surface area contributed by atoms with E-state index in [0.717, 1.165) is 12.8 Å². The molecule has 0 aromatic heterocycles. The first kappa shape index (κ1) is 15.1. The normalized spacial score (nSPS) is 23.5. The molecule has 2 atom stereocenters. The summed E-state index contributed by atoms with van der Waals surface area (Å²) < 4.78 is 32.4. The quantitative estimate of drug-likeness (QED) is 0.716. The van der Waals surface area contributed by atoms with Crippen LogP contribution in [0.15, 0.2) is 23.1 Å². The molecule has 0 spiro atoms. The van der Waals surface area contributed by atoms with Gasteiger partial charge in [-0.1, -0.05) is 12.8 Å². The van der Waals surface area contributed by atoms with Crippen molar-refractivity contribution in [3.05, 3.63) is 18.2 Å². The van der Waals surface area contributed by atoms with Crippen LogP contribution in [-0.2, 0) is 10.0 Å². The van der Waals surface area contributed by atoms with Gasteiger partial charge in [0.15, 0.2) is 0 Å². The number of ether oxygens (including phenoxy) is 1. The lowest BCUT2D eigenvalue weighted by molar-refractivity contribution is 0.101. The van der Waals surface area contributed by atoms with E-state index in [4.69, 9.17) is 10.5 Å². The summed E-state index contributed by atoms with van der Waals surface area (Å²) in [6.45, 7) is 0. The molecule has 0 radical (unpaired) electrons. The molecule has 6 nitrogen and oxygen atoms in total. The van der Waals surface area contributed by atoms with Crippen LogP contribution in [-0.4, -0.2) is 32.8 Å². The standard InChI is InChI=1S/C13H20N2O4S/c1-19-12-8-9(14)6-7-13(12)20(17,18)15-10-4-2-3-5-11(10)16/h6-8,10-11,15-16H,2-5,14H2,1H3. The Balaban J connectivity index is 2.26. The molecule has 1 aliphatic rings. The largest absolute Gasteiger partial charge is 0.495 e. The van der Waals surface area contributed by atoms with E-state index < -0.39 is 22.2 Å². The van der Waals surface area contributed by atoms with Gasteiger partial charge in [-0.25, -0.2) is 13.1 Å². The summed E-state index contributed by atoms with van der Waals surface area (Å²) in [6.07, 6.45) is 2.44. The predicted octanol–water partition coefficient (Wildman–Crippen LogP) is 0.859. The number of rotatable bonds is 4. The van der Waals surface area contributed by atoms with Gasteiger partial charge < -0.3 is 15.6 Å². The van der Waals surface area contributed by atoms with Crippen molar-refractivity contribution in [1.29, 1.82) is 0 Å². The highest BCUT2D eigenvalue weighted by molar-refractivity contribution is 7.89. The van der Waals surface area contributed by atoms with Crippen molar-refractivity contribution < 1.29 is 18.3 Å². The molecule has 2 rings (SSSR count). The van der Waals surface area contributed by atoms with E-state index in [0.29, 0.717) is 18.5 Å². The van der Waals surface area contributed by atoms with Gasteiger partial charge in [0.05, 0.1) is 13.2 Å². The number of aliphatic hydroxyl groups excluding tert-OH is 1. The van der Waals surface area contributed by atoms with E-state index in [9.17, 15) is 13.5 Å². The maximum absolute atomic E-state index is 12.4. The summed E-state index contributed by atoms with van der Waals surface area (Å²) in [5.74, 6) is 0.197. The van der Waals surface area contributed by atoms with Crippen LogP contribution in [0.25, 0.3) is 0 Å². The number of nitrogen functional groups attached to an aromatic ring is 1. The minimum absolute atomic E-state index is 0.0342. The van der Waals surface area contributed by atoms with Crippen molar-refractivity contribution >= 4 is 15.7 Å². The van der Waals surface area contributed by atoms with Crippen LogP contribution in [0.3, 0.4) is 0 Å². The number of sulfonamides is 1. The highest BCUT2D eigenvalue weighted by Gasteiger charge is 2.29. The SMILES string of the molecule is COc1cc(N)ccc1S(=O)(=O)NC1CCCCC1O. The van der Waals surface area contributed by atoms with Crippen LogP contribution in [0.4, 0.5) is 5.69 Å². The van der Waals surface area contributed by atoms with Crippen LogP contribution in [0, 0.1) is 0 Å². The van der Waals surface area contributed by atoms with Crippen LogP contribution in [0.1, 0.15) is 25.7 Å². The topological polar surface area (TPSA) is 102 Å². The van der Waals surface area contributed by atoms with Gasteiger partial charge in [-0.05, 0) is 25.0 Å². The maximum atomic E-state index is 12.4. The van der Waals surface area contributed by atoms with E-state index in [-0.39, 0.29) is 10.6 Å². The summed E-state index contributed by atoms with van der Waals surface area (Å²) in [5, 5.41) is 9.87. The van der Waals surface area contributed by atoms with Crippen molar-refractivity contribution in [3.8, 4) is 5.75 Å². The highest BCUT2D eigenvalue weighted by Crippen LogP contribution is 2.27. The molecule has 20 heavy (non-hydrogen) atoms. The molecule has 1 saturated carbocycles. The van der Waals surface area contributed by atoms with Gasteiger partial charge in [0.1, 0.15) is 10.6 Å². The maximum Gasteiger partial charge on any atom is 0.244 e. The number of hydrogen-bond acceptors (Lipinski definition) is 5. The van der Waals surface area contributed by atoms with Crippen molar-refractivity contribution in [2.24, 2.45) is 0 Å². The fourth-order valence-corrected chi connectivity index (χ4v) is 3.87. The van der Waals surface area contributed by atoms with Gasteiger partial charge in [-0.2, -0.15) is 0 Å². The number of benzene rings is 1. The van der Waals surface area contributed by atoms with Crippen LogP contribution >= 0.6 is 0 Å². The van der Waals surface area contributed by atoms with Gasteiger partial charge >= 0.3 is 0 Å². The zero-order valence-corrected chi connectivity index (χ0v) is 12.2. The molecular formula is C13H20N2O4S. The van der Waals surface area contributed by atoms with E-state index >= 15 is 0 Å². The summed E-state index contributed by atoms with van der Waals surface area (Å²) in [7, 11) is -2.35.